The number of aliphatic hydroxyl groups is 1. The molecule has 1 N–H and O–H groups in total. The number of aliphatic hydroxyl groups excluding tert-OH is 1. The molecule has 0 unspecified atom stereocenters. The monoisotopic (exact) mass is 271 g/mol. The van der Waals surface area contributed by atoms with E-state index < -0.39 is 5.82 Å². The van der Waals surface area contributed by atoms with Crippen LogP contribution in [0.5, 0.6) is 0 Å². The summed E-state index contributed by atoms with van der Waals surface area (Å²) in [6, 6.07) is 6.15. The number of benzene rings is 1. The third-order valence-electron chi connectivity index (χ3n) is 2.29. The summed E-state index contributed by atoms with van der Waals surface area (Å²) in [5, 5.41) is 10.1. The van der Waals surface area contributed by atoms with E-state index >= 15 is 0 Å². The Bertz CT molecular complexity index is 560. The summed E-state index contributed by atoms with van der Waals surface area (Å²) in [5.41, 5.74) is 1.45. The molecule has 5 heteroatoms. The van der Waals surface area contributed by atoms with E-state index in [-0.39, 0.29) is 6.61 Å². The summed E-state index contributed by atoms with van der Waals surface area (Å²) in [7, 11) is 0. The van der Waals surface area contributed by atoms with Crippen LogP contribution in [0.3, 0.4) is 0 Å². The van der Waals surface area contributed by atoms with E-state index in [1.54, 1.807) is 18.2 Å². The minimum absolute atomic E-state index is 0.306. The summed E-state index contributed by atoms with van der Waals surface area (Å²) in [6.45, 7) is -0.306. The van der Waals surface area contributed by atoms with Gasteiger partial charge in [-0.1, -0.05) is 23.2 Å². The van der Waals surface area contributed by atoms with Crippen molar-refractivity contribution in [2.45, 2.75) is 6.61 Å². The van der Waals surface area contributed by atoms with Gasteiger partial charge in [-0.25, -0.2) is 4.39 Å². The van der Waals surface area contributed by atoms with E-state index in [2.05, 4.69) is 4.98 Å². The second-order valence-electron chi connectivity index (χ2n) is 3.44. The Morgan fingerprint density at radius 3 is 2.65 bits per heavy atom. The standard InChI is InChI=1S/C12H8Cl2FNO/c13-8-1-2-10(11(14)4-8)12-7(6-17)3-9(15)5-16-12/h1-5,17H,6H2. The van der Waals surface area contributed by atoms with Crippen LogP contribution in [0.15, 0.2) is 30.5 Å². The Balaban J connectivity index is 2.60. The van der Waals surface area contributed by atoms with Crippen LogP contribution in [0.2, 0.25) is 10.0 Å². The van der Waals surface area contributed by atoms with Gasteiger partial charge in [0.1, 0.15) is 5.82 Å². The highest BCUT2D eigenvalue weighted by atomic mass is 35.5. The first-order valence-corrected chi connectivity index (χ1v) is 5.58. The molecule has 88 valence electrons. The predicted molar refractivity (Wildman–Crippen MR) is 65.6 cm³/mol. The highest BCUT2D eigenvalue weighted by Gasteiger charge is 2.11. The molecule has 0 amide bonds. The van der Waals surface area contributed by atoms with Crippen LogP contribution in [0, 0.1) is 5.82 Å². The molecule has 2 rings (SSSR count). The van der Waals surface area contributed by atoms with Gasteiger partial charge in [-0.05, 0) is 24.3 Å². The zero-order valence-corrected chi connectivity index (χ0v) is 10.1. The highest BCUT2D eigenvalue weighted by molar-refractivity contribution is 6.36. The van der Waals surface area contributed by atoms with Crippen LogP contribution in [-0.2, 0) is 6.61 Å². The number of rotatable bonds is 2. The molecule has 0 spiro atoms. The lowest BCUT2D eigenvalue weighted by molar-refractivity contribution is 0.281. The van der Waals surface area contributed by atoms with Gasteiger partial charge in [-0.15, -0.1) is 0 Å². The Morgan fingerprint density at radius 1 is 1.24 bits per heavy atom. The first kappa shape index (κ1) is 12.3. The molecule has 0 bridgehead atoms. The van der Waals surface area contributed by atoms with Crippen LogP contribution in [-0.4, -0.2) is 10.1 Å². The lowest BCUT2D eigenvalue weighted by Gasteiger charge is -2.08. The number of halogens is 3. The van der Waals surface area contributed by atoms with E-state index in [1.807, 2.05) is 0 Å². The minimum Gasteiger partial charge on any atom is -0.392 e. The molecule has 0 atom stereocenters. The van der Waals surface area contributed by atoms with Crippen molar-refractivity contribution in [3.8, 4) is 11.3 Å². The van der Waals surface area contributed by atoms with Gasteiger partial charge in [-0.2, -0.15) is 0 Å². The summed E-state index contributed by atoms with van der Waals surface area (Å²) in [6.07, 6.45) is 1.08. The third kappa shape index (κ3) is 2.57. The molecule has 17 heavy (non-hydrogen) atoms. The van der Waals surface area contributed by atoms with Crippen LogP contribution in [0.4, 0.5) is 4.39 Å². The summed E-state index contributed by atoms with van der Waals surface area (Å²) in [4.78, 5) is 3.95. The molecule has 1 aromatic carbocycles. The van der Waals surface area contributed by atoms with Gasteiger partial charge in [0, 0.05) is 16.1 Å². The molecule has 0 fully saturated rings. The number of pyridine rings is 1. The molecule has 0 aliphatic rings. The normalized spacial score (nSPS) is 10.6. The van der Waals surface area contributed by atoms with Crippen molar-refractivity contribution in [3.05, 3.63) is 51.9 Å². The lowest BCUT2D eigenvalue weighted by Crippen LogP contribution is -1.95. The van der Waals surface area contributed by atoms with Crippen molar-refractivity contribution >= 4 is 23.2 Å². The van der Waals surface area contributed by atoms with Crippen molar-refractivity contribution < 1.29 is 9.50 Å². The van der Waals surface area contributed by atoms with E-state index in [1.165, 1.54) is 6.07 Å². The average Bonchev–Trinajstić information content (AvgIpc) is 2.30. The van der Waals surface area contributed by atoms with Gasteiger partial charge in [0.2, 0.25) is 0 Å². The Hall–Kier alpha value is -1.16. The van der Waals surface area contributed by atoms with Crippen molar-refractivity contribution in [1.82, 2.24) is 4.98 Å². The number of hydrogen-bond donors (Lipinski definition) is 1. The predicted octanol–water partition coefficient (Wildman–Crippen LogP) is 3.69. The van der Waals surface area contributed by atoms with Crippen LogP contribution < -0.4 is 0 Å². The zero-order chi connectivity index (χ0) is 12.4. The van der Waals surface area contributed by atoms with Gasteiger partial charge in [-0.3, -0.25) is 4.98 Å². The van der Waals surface area contributed by atoms with Gasteiger partial charge in [0.25, 0.3) is 0 Å². The van der Waals surface area contributed by atoms with Gasteiger partial charge in [0.05, 0.1) is 23.5 Å². The van der Waals surface area contributed by atoms with E-state index in [4.69, 9.17) is 23.2 Å². The molecule has 2 aromatic rings. The molecular formula is C12H8Cl2FNO. The molecule has 0 saturated heterocycles. The SMILES string of the molecule is OCc1cc(F)cnc1-c1ccc(Cl)cc1Cl. The lowest BCUT2D eigenvalue weighted by atomic mass is 10.1. The number of nitrogens with zero attached hydrogens (tertiary/aromatic N) is 1. The van der Waals surface area contributed by atoms with Gasteiger partial charge in [0.15, 0.2) is 0 Å². The van der Waals surface area contributed by atoms with E-state index in [0.717, 1.165) is 6.20 Å². The van der Waals surface area contributed by atoms with Crippen molar-refractivity contribution in [2.24, 2.45) is 0 Å². The number of hydrogen-bond acceptors (Lipinski definition) is 2. The van der Waals surface area contributed by atoms with Gasteiger partial charge < -0.3 is 5.11 Å². The maximum absolute atomic E-state index is 13.0. The van der Waals surface area contributed by atoms with E-state index in [0.29, 0.717) is 26.9 Å². The quantitative estimate of drug-likeness (QED) is 0.904. The Labute approximate surface area is 108 Å². The summed E-state index contributed by atoms with van der Waals surface area (Å²) < 4.78 is 13.0. The maximum atomic E-state index is 13.0. The fourth-order valence-corrected chi connectivity index (χ4v) is 2.02. The molecule has 0 radical (unpaired) electrons. The van der Waals surface area contributed by atoms with Gasteiger partial charge >= 0.3 is 0 Å². The Kier molecular flexibility index (Phi) is 3.62. The summed E-state index contributed by atoms with van der Waals surface area (Å²) in [5.74, 6) is -0.497. The molecule has 1 aromatic heterocycles. The third-order valence-corrected chi connectivity index (χ3v) is 2.84. The zero-order valence-electron chi connectivity index (χ0n) is 8.62. The van der Waals surface area contributed by atoms with E-state index in [9.17, 15) is 9.50 Å². The molecule has 0 aliphatic heterocycles. The van der Waals surface area contributed by atoms with Crippen LogP contribution >= 0.6 is 23.2 Å². The second kappa shape index (κ2) is 5.00. The Morgan fingerprint density at radius 2 is 2.00 bits per heavy atom. The maximum Gasteiger partial charge on any atom is 0.141 e. The molecule has 2 nitrogen and oxygen atoms in total. The molecular weight excluding hydrogens is 264 g/mol. The molecule has 0 aliphatic carbocycles. The van der Waals surface area contributed by atoms with Crippen LogP contribution in [0.25, 0.3) is 11.3 Å². The van der Waals surface area contributed by atoms with Crippen molar-refractivity contribution in [1.29, 1.82) is 0 Å². The first-order valence-electron chi connectivity index (χ1n) is 4.82. The van der Waals surface area contributed by atoms with Crippen molar-refractivity contribution in [2.75, 3.05) is 0 Å². The second-order valence-corrected chi connectivity index (χ2v) is 4.29. The van der Waals surface area contributed by atoms with Crippen molar-refractivity contribution in [3.63, 3.8) is 0 Å². The number of aromatic nitrogens is 1. The highest BCUT2D eigenvalue weighted by Crippen LogP contribution is 2.31. The minimum atomic E-state index is -0.497. The first-order chi connectivity index (χ1) is 8.11. The van der Waals surface area contributed by atoms with Crippen LogP contribution in [0.1, 0.15) is 5.56 Å². The average molecular weight is 272 g/mol. The fourth-order valence-electron chi connectivity index (χ4n) is 1.53. The largest absolute Gasteiger partial charge is 0.392 e. The smallest absolute Gasteiger partial charge is 0.141 e. The molecule has 0 saturated carbocycles. The molecule has 1 heterocycles. The topological polar surface area (TPSA) is 33.1 Å². The summed E-state index contributed by atoms with van der Waals surface area (Å²) >= 11 is 11.8. The fraction of sp³-hybridized carbons (Fsp3) is 0.0833.